The zero-order valence-corrected chi connectivity index (χ0v) is 14.2. The minimum atomic E-state index is 0.359. The highest BCUT2D eigenvalue weighted by atomic mass is 16.2. The molecule has 4 fully saturated rings. The number of piperidine rings is 3. The van der Waals surface area contributed by atoms with E-state index >= 15 is 0 Å². The van der Waals surface area contributed by atoms with Gasteiger partial charge in [-0.15, -0.1) is 0 Å². The zero-order chi connectivity index (χ0) is 15.8. The van der Waals surface area contributed by atoms with Crippen molar-refractivity contribution in [3.8, 4) is 0 Å². The number of carbonyl (C=O) groups is 2. The highest BCUT2D eigenvalue weighted by molar-refractivity contribution is 5.78. The second kappa shape index (κ2) is 6.45. The number of hydrogen-bond donors (Lipinski definition) is 0. The standard InChI is InChI=1S/C19H30N2O2/c22-18-8-4-7-17-16-9-15(12-21(17)18)11-20(13-16)19(23)10-14-5-2-1-3-6-14/h14-17H,1-13H2/t15?,16?,17-/m1/s1. The fourth-order valence-electron chi connectivity index (χ4n) is 5.58. The first-order valence-corrected chi connectivity index (χ1v) is 9.78. The van der Waals surface area contributed by atoms with Gasteiger partial charge in [-0.3, -0.25) is 9.59 Å². The van der Waals surface area contributed by atoms with Gasteiger partial charge in [-0.25, -0.2) is 0 Å². The highest BCUT2D eigenvalue weighted by Crippen LogP contribution is 2.38. The first-order valence-electron chi connectivity index (χ1n) is 9.78. The van der Waals surface area contributed by atoms with Crippen LogP contribution in [0.15, 0.2) is 0 Å². The van der Waals surface area contributed by atoms with Gasteiger partial charge < -0.3 is 9.80 Å². The maximum absolute atomic E-state index is 12.8. The molecule has 0 aromatic heterocycles. The lowest BCUT2D eigenvalue weighted by Crippen LogP contribution is -2.61. The molecule has 23 heavy (non-hydrogen) atoms. The Labute approximate surface area is 139 Å². The molecule has 0 aromatic rings. The van der Waals surface area contributed by atoms with Gasteiger partial charge in [-0.2, -0.15) is 0 Å². The van der Waals surface area contributed by atoms with E-state index in [-0.39, 0.29) is 0 Å². The predicted octanol–water partition coefficient (Wildman–Crippen LogP) is 2.82. The van der Waals surface area contributed by atoms with Crippen LogP contribution in [0.25, 0.3) is 0 Å². The summed E-state index contributed by atoms with van der Waals surface area (Å²) in [5.41, 5.74) is 0. The van der Waals surface area contributed by atoms with Crippen molar-refractivity contribution in [2.24, 2.45) is 17.8 Å². The fraction of sp³-hybridized carbons (Fsp3) is 0.895. The molecule has 128 valence electrons. The van der Waals surface area contributed by atoms with Crippen LogP contribution in [0.1, 0.15) is 64.2 Å². The summed E-state index contributed by atoms with van der Waals surface area (Å²) in [6.07, 6.45) is 11.4. The summed E-state index contributed by atoms with van der Waals surface area (Å²) in [5.74, 6) is 2.43. The Morgan fingerprint density at radius 3 is 2.65 bits per heavy atom. The monoisotopic (exact) mass is 318 g/mol. The van der Waals surface area contributed by atoms with E-state index in [2.05, 4.69) is 9.80 Å². The quantitative estimate of drug-likeness (QED) is 0.785. The lowest BCUT2D eigenvalue weighted by atomic mass is 9.75. The third kappa shape index (κ3) is 3.14. The Morgan fingerprint density at radius 2 is 1.83 bits per heavy atom. The molecule has 1 aliphatic carbocycles. The van der Waals surface area contributed by atoms with Crippen molar-refractivity contribution in [3.05, 3.63) is 0 Å². The summed E-state index contributed by atoms with van der Waals surface area (Å²) in [4.78, 5) is 29.3. The van der Waals surface area contributed by atoms with Crippen LogP contribution >= 0.6 is 0 Å². The van der Waals surface area contributed by atoms with Gasteiger partial charge in [0.05, 0.1) is 0 Å². The van der Waals surface area contributed by atoms with Gasteiger partial charge in [0.15, 0.2) is 0 Å². The first-order chi connectivity index (χ1) is 11.2. The summed E-state index contributed by atoms with van der Waals surface area (Å²) in [6.45, 7) is 2.68. The number of rotatable bonds is 2. The number of carbonyl (C=O) groups excluding carboxylic acids is 2. The summed E-state index contributed by atoms with van der Waals surface area (Å²) in [6, 6.07) is 0.415. The minimum absolute atomic E-state index is 0.359. The molecule has 0 radical (unpaired) electrons. The number of likely N-dealkylation sites (tertiary alicyclic amines) is 1. The molecular weight excluding hydrogens is 288 g/mol. The molecule has 3 atom stereocenters. The van der Waals surface area contributed by atoms with Gasteiger partial charge in [0.2, 0.25) is 11.8 Å². The van der Waals surface area contributed by atoms with Crippen molar-refractivity contribution in [3.63, 3.8) is 0 Å². The molecule has 4 aliphatic rings. The van der Waals surface area contributed by atoms with Crippen LogP contribution in [-0.2, 0) is 9.59 Å². The van der Waals surface area contributed by atoms with Crippen molar-refractivity contribution in [1.29, 1.82) is 0 Å². The molecule has 4 rings (SSSR count). The van der Waals surface area contributed by atoms with Crippen LogP contribution in [0, 0.1) is 17.8 Å². The third-order valence-corrected chi connectivity index (χ3v) is 6.72. The van der Waals surface area contributed by atoms with E-state index in [0.717, 1.165) is 45.3 Å². The molecule has 2 unspecified atom stereocenters. The molecule has 0 aromatic carbocycles. The third-order valence-electron chi connectivity index (χ3n) is 6.72. The Morgan fingerprint density at radius 1 is 1.00 bits per heavy atom. The van der Waals surface area contributed by atoms with Crippen LogP contribution in [0.2, 0.25) is 0 Å². The van der Waals surface area contributed by atoms with E-state index in [4.69, 9.17) is 0 Å². The van der Waals surface area contributed by atoms with Crippen molar-refractivity contribution in [1.82, 2.24) is 9.80 Å². The average molecular weight is 318 g/mol. The zero-order valence-electron chi connectivity index (χ0n) is 14.2. The van der Waals surface area contributed by atoms with Gasteiger partial charge in [-0.1, -0.05) is 19.3 Å². The molecule has 0 spiro atoms. The van der Waals surface area contributed by atoms with Crippen molar-refractivity contribution >= 4 is 11.8 Å². The lowest BCUT2D eigenvalue weighted by Gasteiger charge is -2.52. The van der Waals surface area contributed by atoms with Gasteiger partial charge in [0, 0.05) is 38.5 Å². The Hall–Kier alpha value is -1.06. The number of fused-ring (bicyclic) bond motifs is 4. The van der Waals surface area contributed by atoms with Gasteiger partial charge in [0.1, 0.15) is 0 Å². The topological polar surface area (TPSA) is 40.6 Å². The summed E-state index contributed by atoms with van der Waals surface area (Å²) in [5, 5.41) is 0. The van der Waals surface area contributed by atoms with Gasteiger partial charge in [-0.05, 0) is 49.9 Å². The van der Waals surface area contributed by atoms with E-state index in [9.17, 15) is 9.59 Å². The summed E-state index contributed by atoms with van der Waals surface area (Å²) >= 11 is 0. The minimum Gasteiger partial charge on any atom is -0.342 e. The van der Waals surface area contributed by atoms with E-state index < -0.39 is 0 Å². The summed E-state index contributed by atoms with van der Waals surface area (Å²) < 4.78 is 0. The van der Waals surface area contributed by atoms with Crippen molar-refractivity contribution in [2.45, 2.75) is 70.3 Å². The van der Waals surface area contributed by atoms with Gasteiger partial charge in [0.25, 0.3) is 0 Å². The fourth-order valence-corrected chi connectivity index (χ4v) is 5.58. The number of nitrogens with zero attached hydrogens (tertiary/aromatic N) is 2. The van der Waals surface area contributed by atoms with Crippen molar-refractivity contribution < 1.29 is 9.59 Å². The molecular formula is C19H30N2O2. The first kappa shape index (κ1) is 15.5. The molecule has 2 amide bonds. The van der Waals surface area contributed by atoms with Crippen LogP contribution in [-0.4, -0.2) is 47.3 Å². The van der Waals surface area contributed by atoms with Crippen LogP contribution in [0.4, 0.5) is 0 Å². The van der Waals surface area contributed by atoms with E-state index in [1.807, 2.05) is 0 Å². The van der Waals surface area contributed by atoms with Crippen LogP contribution < -0.4 is 0 Å². The molecule has 4 heteroatoms. The smallest absolute Gasteiger partial charge is 0.222 e. The van der Waals surface area contributed by atoms with Crippen LogP contribution in [0.3, 0.4) is 0 Å². The van der Waals surface area contributed by atoms with E-state index in [0.29, 0.717) is 35.6 Å². The largest absolute Gasteiger partial charge is 0.342 e. The lowest BCUT2D eigenvalue weighted by molar-refractivity contribution is -0.149. The summed E-state index contributed by atoms with van der Waals surface area (Å²) in [7, 11) is 0. The molecule has 2 bridgehead atoms. The van der Waals surface area contributed by atoms with Crippen molar-refractivity contribution in [2.75, 3.05) is 19.6 Å². The Kier molecular flexibility index (Phi) is 4.33. The maximum Gasteiger partial charge on any atom is 0.222 e. The molecule has 4 nitrogen and oxygen atoms in total. The Bertz CT molecular complexity index is 472. The Balaban J connectivity index is 1.39. The molecule has 0 N–H and O–H groups in total. The predicted molar refractivity (Wildman–Crippen MR) is 88.7 cm³/mol. The highest BCUT2D eigenvalue weighted by Gasteiger charge is 2.44. The molecule has 3 heterocycles. The second-order valence-electron chi connectivity index (χ2n) is 8.37. The maximum atomic E-state index is 12.8. The van der Waals surface area contributed by atoms with Gasteiger partial charge >= 0.3 is 0 Å². The molecule has 3 aliphatic heterocycles. The van der Waals surface area contributed by atoms with E-state index in [1.165, 1.54) is 38.5 Å². The normalized spacial score (nSPS) is 35.1. The average Bonchev–Trinajstić information content (AvgIpc) is 2.57. The van der Waals surface area contributed by atoms with E-state index in [1.54, 1.807) is 0 Å². The molecule has 1 saturated carbocycles. The molecule has 3 saturated heterocycles. The second-order valence-corrected chi connectivity index (χ2v) is 8.37. The number of amides is 2. The number of hydrogen-bond acceptors (Lipinski definition) is 2. The SMILES string of the molecule is O=C(CC1CCCCC1)N1CC2CC(C1)[C@H]1CCCC(=O)N1C2. The van der Waals surface area contributed by atoms with Crippen LogP contribution in [0.5, 0.6) is 0 Å².